The zero-order valence-corrected chi connectivity index (χ0v) is 12.8. The van der Waals surface area contributed by atoms with Crippen molar-refractivity contribution in [1.29, 1.82) is 0 Å². The summed E-state index contributed by atoms with van der Waals surface area (Å²) in [5.41, 5.74) is 4.01. The van der Waals surface area contributed by atoms with Crippen LogP contribution in [0.3, 0.4) is 0 Å². The molecule has 0 spiro atoms. The van der Waals surface area contributed by atoms with Gasteiger partial charge in [-0.25, -0.2) is 9.97 Å². The van der Waals surface area contributed by atoms with Gasteiger partial charge in [0.15, 0.2) is 0 Å². The summed E-state index contributed by atoms with van der Waals surface area (Å²) in [4.78, 5) is 8.55. The molecule has 98 valence electrons. The van der Waals surface area contributed by atoms with Crippen LogP contribution in [0.1, 0.15) is 0 Å². The molecule has 1 heterocycles. The van der Waals surface area contributed by atoms with Crippen molar-refractivity contribution in [2.75, 3.05) is 0 Å². The molecule has 2 aromatic carbocycles. The summed E-state index contributed by atoms with van der Waals surface area (Å²) >= 11 is 9.38. The first-order chi connectivity index (χ1) is 9.74. The van der Waals surface area contributed by atoms with E-state index in [1.165, 1.54) is 0 Å². The molecular formula is C16H10BrClN2. The Morgan fingerprint density at radius 2 is 1.50 bits per heavy atom. The molecule has 0 unspecified atom stereocenters. The Morgan fingerprint density at radius 1 is 0.850 bits per heavy atom. The largest absolute Gasteiger partial charge is 0.244 e. The second-order valence-corrected chi connectivity index (χ2v) is 5.65. The second-order valence-electron chi connectivity index (χ2n) is 4.30. The molecule has 20 heavy (non-hydrogen) atoms. The fourth-order valence-corrected chi connectivity index (χ4v) is 2.40. The van der Waals surface area contributed by atoms with Crippen LogP contribution in [-0.2, 0) is 0 Å². The smallest absolute Gasteiger partial charge is 0.116 e. The highest BCUT2D eigenvalue weighted by molar-refractivity contribution is 9.10. The molecule has 3 rings (SSSR count). The Balaban J connectivity index is 2.13. The van der Waals surface area contributed by atoms with E-state index < -0.39 is 0 Å². The summed E-state index contributed by atoms with van der Waals surface area (Å²) in [7, 11) is 0. The predicted octanol–water partition coefficient (Wildman–Crippen LogP) is 5.23. The Hall–Kier alpha value is -1.71. The standard InChI is InChI=1S/C16H10BrClN2/c17-13-5-1-12(2-6-13)16-15(9-19-10-20-16)11-3-7-14(18)8-4-11/h1-10H. The third kappa shape index (κ3) is 2.74. The normalized spacial score (nSPS) is 10.5. The van der Waals surface area contributed by atoms with Crippen LogP contribution in [0, 0.1) is 0 Å². The first kappa shape index (κ1) is 13.3. The maximum absolute atomic E-state index is 5.94. The number of hydrogen-bond donors (Lipinski definition) is 0. The Morgan fingerprint density at radius 3 is 2.20 bits per heavy atom. The molecule has 0 saturated heterocycles. The van der Waals surface area contributed by atoms with Gasteiger partial charge in [0.2, 0.25) is 0 Å². The van der Waals surface area contributed by atoms with Crippen LogP contribution >= 0.6 is 27.5 Å². The van der Waals surface area contributed by atoms with E-state index in [-0.39, 0.29) is 0 Å². The summed E-state index contributed by atoms with van der Waals surface area (Å²) in [6, 6.07) is 15.8. The average molecular weight is 346 g/mol. The lowest BCUT2D eigenvalue weighted by atomic mass is 10.0. The number of nitrogens with zero attached hydrogens (tertiary/aromatic N) is 2. The summed E-state index contributed by atoms with van der Waals surface area (Å²) in [6.45, 7) is 0. The van der Waals surface area contributed by atoms with Crippen molar-refractivity contribution in [3.8, 4) is 22.4 Å². The molecule has 0 aliphatic rings. The third-order valence-corrected chi connectivity index (χ3v) is 3.77. The molecule has 3 aromatic rings. The van der Waals surface area contributed by atoms with Gasteiger partial charge in [-0.05, 0) is 29.8 Å². The van der Waals surface area contributed by atoms with E-state index >= 15 is 0 Å². The molecule has 0 saturated carbocycles. The molecule has 0 radical (unpaired) electrons. The zero-order valence-electron chi connectivity index (χ0n) is 10.4. The van der Waals surface area contributed by atoms with Crippen molar-refractivity contribution in [2.45, 2.75) is 0 Å². The van der Waals surface area contributed by atoms with Gasteiger partial charge in [-0.2, -0.15) is 0 Å². The highest BCUT2D eigenvalue weighted by Gasteiger charge is 2.09. The molecule has 4 heteroatoms. The van der Waals surface area contributed by atoms with E-state index in [0.29, 0.717) is 0 Å². The van der Waals surface area contributed by atoms with Crippen LogP contribution in [0.4, 0.5) is 0 Å². The molecule has 0 aliphatic heterocycles. The molecule has 0 amide bonds. The molecule has 0 bridgehead atoms. The van der Waals surface area contributed by atoms with E-state index in [2.05, 4.69) is 25.9 Å². The van der Waals surface area contributed by atoms with Crippen LogP contribution < -0.4 is 0 Å². The third-order valence-electron chi connectivity index (χ3n) is 2.99. The van der Waals surface area contributed by atoms with Crippen LogP contribution in [0.5, 0.6) is 0 Å². The van der Waals surface area contributed by atoms with Crippen LogP contribution in [-0.4, -0.2) is 9.97 Å². The molecule has 0 aliphatic carbocycles. The van der Waals surface area contributed by atoms with Gasteiger partial charge in [0.1, 0.15) is 6.33 Å². The molecular weight excluding hydrogens is 336 g/mol. The summed E-state index contributed by atoms with van der Waals surface area (Å²) in [5, 5.41) is 0.718. The minimum Gasteiger partial charge on any atom is -0.244 e. The van der Waals surface area contributed by atoms with Gasteiger partial charge < -0.3 is 0 Å². The fourth-order valence-electron chi connectivity index (χ4n) is 2.01. The predicted molar refractivity (Wildman–Crippen MR) is 85.6 cm³/mol. The van der Waals surface area contributed by atoms with Crippen molar-refractivity contribution < 1.29 is 0 Å². The lowest BCUT2D eigenvalue weighted by Crippen LogP contribution is -1.90. The average Bonchev–Trinajstić information content (AvgIpc) is 2.49. The van der Waals surface area contributed by atoms with Crippen molar-refractivity contribution in [2.24, 2.45) is 0 Å². The van der Waals surface area contributed by atoms with Crippen molar-refractivity contribution in [1.82, 2.24) is 9.97 Å². The molecule has 2 nitrogen and oxygen atoms in total. The van der Waals surface area contributed by atoms with E-state index in [4.69, 9.17) is 11.6 Å². The van der Waals surface area contributed by atoms with Gasteiger partial charge >= 0.3 is 0 Å². The Labute approximate surface area is 130 Å². The molecule has 0 N–H and O–H groups in total. The van der Waals surface area contributed by atoms with E-state index in [0.717, 1.165) is 31.9 Å². The van der Waals surface area contributed by atoms with Gasteiger partial charge in [0.05, 0.1) is 5.69 Å². The SMILES string of the molecule is Clc1ccc(-c2cncnc2-c2ccc(Br)cc2)cc1. The fraction of sp³-hybridized carbons (Fsp3) is 0. The van der Waals surface area contributed by atoms with E-state index in [1.807, 2.05) is 54.7 Å². The van der Waals surface area contributed by atoms with E-state index in [1.54, 1.807) is 6.33 Å². The van der Waals surface area contributed by atoms with Crippen LogP contribution in [0.2, 0.25) is 5.02 Å². The quantitative estimate of drug-likeness (QED) is 0.636. The highest BCUT2D eigenvalue weighted by Crippen LogP contribution is 2.30. The number of aromatic nitrogens is 2. The summed E-state index contributed by atoms with van der Waals surface area (Å²) in [5.74, 6) is 0. The first-order valence-electron chi connectivity index (χ1n) is 6.06. The number of rotatable bonds is 2. The second kappa shape index (κ2) is 5.73. The maximum atomic E-state index is 5.94. The molecule has 1 aromatic heterocycles. The van der Waals surface area contributed by atoms with Crippen molar-refractivity contribution >= 4 is 27.5 Å². The lowest BCUT2D eigenvalue weighted by Gasteiger charge is -2.08. The van der Waals surface area contributed by atoms with Gasteiger partial charge in [-0.15, -0.1) is 0 Å². The minimum absolute atomic E-state index is 0.718. The Bertz CT molecular complexity index is 660. The van der Waals surface area contributed by atoms with Gasteiger partial charge in [0.25, 0.3) is 0 Å². The first-order valence-corrected chi connectivity index (χ1v) is 7.23. The van der Waals surface area contributed by atoms with Crippen molar-refractivity contribution in [3.63, 3.8) is 0 Å². The van der Waals surface area contributed by atoms with Gasteiger partial charge in [-0.1, -0.05) is 51.8 Å². The minimum atomic E-state index is 0.718. The van der Waals surface area contributed by atoms with Crippen LogP contribution in [0.25, 0.3) is 22.4 Å². The topological polar surface area (TPSA) is 25.8 Å². The van der Waals surface area contributed by atoms with E-state index in [9.17, 15) is 0 Å². The summed E-state index contributed by atoms with van der Waals surface area (Å²) < 4.78 is 1.04. The lowest BCUT2D eigenvalue weighted by molar-refractivity contribution is 1.17. The molecule has 0 atom stereocenters. The highest BCUT2D eigenvalue weighted by atomic mass is 79.9. The number of hydrogen-bond acceptors (Lipinski definition) is 2. The number of benzene rings is 2. The van der Waals surface area contributed by atoms with Crippen LogP contribution in [0.15, 0.2) is 65.5 Å². The zero-order chi connectivity index (χ0) is 13.9. The van der Waals surface area contributed by atoms with Crippen molar-refractivity contribution in [3.05, 3.63) is 70.6 Å². The molecule has 0 fully saturated rings. The van der Waals surface area contributed by atoms with Gasteiger partial charge in [-0.3, -0.25) is 0 Å². The summed E-state index contributed by atoms with van der Waals surface area (Å²) in [6.07, 6.45) is 3.39. The number of halogens is 2. The monoisotopic (exact) mass is 344 g/mol. The maximum Gasteiger partial charge on any atom is 0.116 e. The Kier molecular flexibility index (Phi) is 3.81. The van der Waals surface area contributed by atoms with Gasteiger partial charge in [0, 0.05) is 26.8 Å².